The van der Waals surface area contributed by atoms with E-state index in [4.69, 9.17) is 6.57 Å². The Labute approximate surface area is 145 Å². The molecule has 0 unspecified atom stereocenters. The molecule has 0 aliphatic heterocycles. The number of aromatic nitrogens is 3. The van der Waals surface area contributed by atoms with Crippen molar-refractivity contribution < 1.29 is 4.57 Å². The van der Waals surface area contributed by atoms with Crippen LogP contribution < -0.4 is 10.9 Å². The molecule has 0 saturated carbocycles. The van der Waals surface area contributed by atoms with Crippen LogP contribution in [0.25, 0.3) is 21.8 Å². The minimum Gasteiger partial charge on any atom is -0.319 e. The SMILES string of the molecule is [C-]#[N+]c1ccc(-c2c(C)[nH]n(-c3ccc(P(C)(C)=O)cn3)c2=O)cc1. The van der Waals surface area contributed by atoms with Crippen LogP contribution in [0.3, 0.4) is 0 Å². The van der Waals surface area contributed by atoms with Crippen LogP contribution in [-0.4, -0.2) is 28.1 Å². The lowest BCUT2D eigenvalue weighted by molar-refractivity contribution is 0.588. The van der Waals surface area contributed by atoms with E-state index in [2.05, 4.69) is 14.9 Å². The number of H-pyrrole nitrogens is 1. The summed E-state index contributed by atoms with van der Waals surface area (Å²) >= 11 is 0. The van der Waals surface area contributed by atoms with Gasteiger partial charge >= 0.3 is 0 Å². The van der Waals surface area contributed by atoms with Gasteiger partial charge in [-0.2, -0.15) is 0 Å². The fourth-order valence-corrected chi connectivity index (χ4v) is 3.35. The number of pyridine rings is 1. The van der Waals surface area contributed by atoms with Gasteiger partial charge in [-0.15, -0.1) is 0 Å². The molecule has 0 bridgehead atoms. The average Bonchev–Trinajstić information content (AvgIpc) is 2.89. The molecule has 126 valence electrons. The first-order valence-corrected chi connectivity index (χ1v) is 10.2. The van der Waals surface area contributed by atoms with Crippen molar-refractivity contribution in [3.63, 3.8) is 0 Å². The molecule has 0 amide bonds. The standard InChI is InChI=1S/C18H17N4O2P/c1-12-17(13-5-7-14(19-2)8-6-13)18(23)22(21-12)16-10-9-15(11-20-16)25(3,4)24/h5-11,21H,1,3-4H3. The van der Waals surface area contributed by atoms with E-state index < -0.39 is 7.14 Å². The van der Waals surface area contributed by atoms with Crippen molar-refractivity contribution in [3.05, 3.63) is 70.1 Å². The quantitative estimate of drug-likeness (QED) is 0.580. The first-order valence-electron chi connectivity index (χ1n) is 7.63. The summed E-state index contributed by atoms with van der Waals surface area (Å²) in [6.45, 7) is 12.2. The number of nitrogens with one attached hydrogen (secondary N) is 1. The third-order valence-electron chi connectivity index (χ3n) is 3.94. The molecule has 7 heteroatoms. The van der Waals surface area contributed by atoms with E-state index in [1.165, 1.54) is 4.68 Å². The van der Waals surface area contributed by atoms with E-state index >= 15 is 0 Å². The van der Waals surface area contributed by atoms with Crippen LogP contribution in [0, 0.1) is 13.5 Å². The Kier molecular flexibility index (Phi) is 4.20. The van der Waals surface area contributed by atoms with E-state index in [0.29, 0.717) is 28.1 Å². The van der Waals surface area contributed by atoms with Crippen molar-refractivity contribution in [1.82, 2.24) is 14.8 Å². The van der Waals surface area contributed by atoms with Gasteiger partial charge in [0, 0.05) is 17.2 Å². The van der Waals surface area contributed by atoms with Crippen LogP contribution in [0.15, 0.2) is 47.4 Å². The monoisotopic (exact) mass is 352 g/mol. The van der Waals surface area contributed by atoms with Gasteiger partial charge in [0.15, 0.2) is 11.5 Å². The Hall–Kier alpha value is -2.90. The Morgan fingerprint density at radius 3 is 2.36 bits per heavy atom. The smallest absolute Gasteiger partial charge is 0.280 e. The molecule has 0 aliphatic carbocycles. The summed E-state index contributed by atoms with van der Waals surface area (Å²) in [6.07, 6.45) is 1.54. The van der Waals surface area contributed by atoms with Gasteiger partial charge in [0.1, 0.15) is 7.14 Å². The minimum absolute atomic E-state index is 0.218. The highest BCUT2D eigenvalue weighted by Gasteiger charge is 2.16. The van der Waals surface area contributed by atoms with E-state index in [1.807, 2.05) is 6.92 Å². The van der Waals surface area contributed by atoms with E-state index in [9.17, 15) is 9.36 Å². The Morgan fingerprint density at radius 1 is 1.16 bits per heavy atom. The summed E-state index contributed by atoms with van der Waals surface area (Å²) in [4.78, 5) is 20.4. The second-order valence-electron chi connectivity index (χ2n) is 6.14. The molecule has 0 atom stereocenters. The Balaban J connectivity index is 2.06. The molecule has 3 aromatic rings. The van der Waals surface area contributed by atoms with Crippen molar-refractivity contribution in [1.29, 1.82) is 0 Å². The number of benzene rings is 1. The third kappa shape index (κ3) is 3.19. The zero-order chi connectivity index (χ0) is 18.2. The van der Waals surface area contributed by atoms with Gasteiger partial charge in [-0.3, -0.25) is 9.89 Å². The molecule has 0 radical (unpaired) electrons. The minimum atomic E-state index is -2.39. The molecule has 0 aliphatic rings. The third-order valence-corrected chi connectivity index (χ3v) is 5.45. The van der Waals surface area contributed by atoms with Crippen LogP contribution in [0.4, 0.5) is 5.69 Å². The highest BCUT2D eigenvalue weighted by molar-refractivity contribution is 7.70. The number of hydrogen-bond acceptors (Lipinski definition) is 3. The summed E-state index contributed by atoms with van der Waals surface area (Å²) in [5.74, 6) is 0.439. The first-order chi connectivity index (χ1) is 11.8. The maximum Gasteiger partial charge on any atom is 0.280 e. The number of nitrogens with zero attached hydrogens (tertiary/aromatic N) is 3. The van der Waals surface area contributed by atoms with Crippen LogP contribution in [-0.2, 0) is 4.57 Å². The lowest BCUT2D eigenvalue weighted by Gasteiger charge is -2.07. The summed E-state index contributed by atoms with van der Waals surface area (Å²) < 4.78 is 13.5. The summed E-state index contributed by atoms with van der Waals surface area (Å²) in [5, 5.41) is 3.70. The second kappa shape index (κ2) is 6.19. The summed E-state index contributed by atoms with van der Waals surface area (Å²) in [6, 6.07) is 10.3. The number of hydrogen-bond donors (Lipinski definition) is 1. The Morgan fingerprint density at radius 2 is 1.84 bits per heavy atom. The molecule has 0 spiro atoms. The Bertz CT molecular complexity index is 1060. The summed E-state index contributed by atoms with van der Waals surface area (Å²) in [7, 11) is -2.39. The van der Waals surface area contributed by atoms with Gasteiger partial charge in [-0.05, 0) is 37.9 Å². The van der Waals surface area contributed by atoms with Gasteiger partial charge in [-0.25, -0.2) is 14.5 Å². The molecule has 0 fully saturated rings. The lowest BCUT2D eigenvalue weighted by Crippen LogP contribution is -2.18. The molecule has 2 heterocycles. The molecule has 3 rings (SSSR count). The van der Waals surface area contributed by atoms with Gasteiger partial charge in [0.2, 0.25) is 0 Å². The van der Waals surface area contributed by atoms with E-state index in [0.717, 1.165) is 5.56 Å². The van der Waals surface area contributed by atoms with Gasteiger partial charge < -0.3 is 4.57 Å². The van der Waals surface area contributed by atoms with E-state index in [1.54, 1.807) is 55.9 Å². The molecule has 2 aromatic heterocycles. The predicted octanol–water partition coefficient (Wildman–Crippen LogP) is 3.33. The molecule has 25 heavy (non-hydrogen) atoms. The van der Waals surface area contributed by atoms with Crippen LogP contribution >= 0.6 is 7.14 Å². The lowest BCUT2D eigenvalue weighted by atomic mass is 10.1. The zero-order valence-electron chi connectivity index (χ0n) is 14.1. The van der Waals surface area contributed by atoms with Gasteiger partial charge in [-0.1, -0.05) is 24.3 Å². The fourth-order valence-electron chi connectivity index (χ4n) is 2.58. The highest BCUT2D eigenvalue weighted by Crippen LogP contribution is 2.34. The maximum absolute atomic E-state index is 12.8. The van der Waals surface area contributed by atoms with Crippen molar-refractivity contribution in [2.45, 2.75) is 6.92 Å². The number of rotatable bonds is 3. The highest BCUT2D eigenvalue weighted by atomic mass is 31.2. The van der Waals surface area contributed by atoms with E-state index in [-0.39, 0.29) is 5.56 Å². The van der Waals surface area contributed by atoms with Crippen molar-refractivity contribution in [2.75, 3.05) is 13.3 Å². The van der Waals surface area contributed by atoms with Crippen LogP contribution in [0.1, 0.15) is 5.69 Å². The zero-order valence-corrected chi connectivity index (χ0v) is 15.0. The molecule has 6 nitrogen and oxygen atoms in total. The normalized spacial score (nSPS) is 11.3. The maximum atomic E-state index is 12.8. The number of aryl methyl sites for hydroxylation is 1. The predicted molar refractivity (Wildman–Crippen MR) is 99.7 cm³/mol. The first kappa shape index (κ1) is 16.9. The number of aromatic amines is 1. The molecule has 0 saturated heterocycles. The van der Waals surface area contributed by atoms with Gasteiger partial charge in [0.05, 0.1) is 12.1 Å². The fraction of sp³-hybridized carbons (Fsp3) is 0.167. The largest absolute Gasteiger partial charge is 0.319 e. The van der Waals surface area contributed by atoms with Crippen molar-refractivity contribution in [3.8, 4) is 16.9 Å². The summed E-state index contributed by atoms with van der Waals surface area (Å²) in [5.41, 5.74) is 2.30. The average molecular weight is 352 g/mol. The second-order valence-corrected chi connectivity index (χ2v) is 9.35. The van der Waals surface area contributed by atoms with Crippen molar-refractivity contribution >= 4 is 18.1 Å². The van der Waals surface area contributed by atoms with Gasteiger partial charge in [0.25, 0.3) is 5.56 Å². The van der Waals surface area contributed by atoms with Crippen molar-refractivity contribution in [2.24, 2.45) is 0 Å². The molecule has 1 N–H and O–H groups in total. The molecular formula is C18H17N4O2P. The van der Waals surface area contributed by atoms with Crippen LogP contribution in [0.5, 0.6) is 0 Å². The topological polar surface area (TPSA) is 72.1 Å². The molecular weight excluding hydrogens is 335 g/mol. The molecule has 1 aromatic carbocycles. The van der Waals surface area contributed by atoms with Crippen LogP contribution in [0.2, 0.25) is 0 Å².